The molecule has 1 saturated carbocycles. The number of hydrogen-bond acceptors (Lipinski definition) is 3. The molecule has 2 fully saturated rings. The first kappa shape index (κ1) is 22.0. The predicted octanol–water partition coefficient (Wildman–Crippen LogP) is 2.73. The third-order valence-corrected chi connectivity index (χ3v) is 4.90. The van der Waals surface area contributed by atoms with Gasteiger partial charge < -0.3 is 11.1 Å². The molecule has 1 amide bonds. The highest BCUT2D eigenvalue weighted by Crippen LogP contribution is 2.24. The Morgan fingerprint density at radius 1 is 1.23 bits per heavy atom. The lowest BCUT2D eigenvalue weighted by Crippen LogP contribution is -2.47. The number of piperidine rings is 1. The van der Waals surface area contributed by atoms with Crippen LogP contribution in [0.5, 0.6) is 0 Å². The van der Waals surface area contributed by atoms with Crippen molar-refractivity contribution in [1.82, 2.24) is 10.2 Å². The van der Waals surface area contributed by atoms with Crippen molar-refractivity contribution in [2.75, 3.05) is 19.6 Å². The van der Waals surface area contributed by atoms with Gasteiger partial charge in [-0.25, -0.2) is 0 Å². The summed E-state index contributed by atoms with van der Waals surface area (Å²) in [5.41, 5.74) is 5.89. The number of nitrogens with one attached hydrogen (secondary N) is 1. The second kappa shape index (κ2) is 11.5. The van der Waals surface area contributed by atoms with Crippen molar-refractivity contribution in [3.05, 3.63) is 0 Å². The fourth-order valence-corrected chi connectivity index (χ4v) is 3.56. The van der Waals surface area contributed by atoms with E-state index in [0.717, 1.165) is 25.8 Å². The first-order valence-electron chi connectivity index (χ1n) is 8.48. The summed E-state index contributed by atoms with van der Waals surface area (Å²) in [6.45, 7) is 5.46. The maximum Gasteiger partial charge on any atom is 0.223 e. The van der Waals surface area contributed by atoms with Crippen LogP contribution in [-0.2, 0) is 4.79 Å². The average Bonchev–Trinajstić information content (AvgIpc) is 2.90. The molecule has 0 aromatic heterocycles. The normalized spacial score (nSPS) is 28.5. The largest absolute Gasteiger partial charge is 0.354 e. The number of carbonyl (C=O) groups is 1. The van der Waals surface area contributed by atoms with E-state index in [-0.39, 0.29) is 42.7 Å². The lowest BCUT2D eigenvalue weighted by Gasteiger charge is -2.36. The van der Waals surface area contributed by atoms with Gasteiger partial charge in [-0.1, -0.05) is 19.8 Å². The van der Waals surface area contributed by atoms with Gasteiger partial charge in [0.05, 0.1) is 0 Å². The van der Waals surface area contributed by atoms with Gasteiger partial charge in [-0.2, -0.15) is 0 Å². The molecule has 132 valence electrons. The Labute approximate surface area is 147 Å². The molecule has 3 N–H and O–H groups in total. The van der Waals surface area contributed by atoms with Crippen LogP contribution in [0.15, 0.2) is 0 Å². The summed E-state index contributed by atoms with van der Waals surface area (Å²) in [6, 6.07) is 0.788. The zero-order chi connectivity index (χ0) is 14.4. The predicted molar refractivity (Wildman–Crippen MR) is 96.9 cm³/mol. The Kier molecular flexibility index (Phi) is 11.5. The molecule has 22 heavy (non-hydrogen) atoms. The van der Waals surface area contributed by atoms with E-state index in [9.17, 15) is 4.79 Å². The lowest BCUT2D eigenvalue weighted by atomic mass is 10.0. The molecule has 2 rings (SSSR count). The summed E-state index contributed by atoms with van der Waals surface area (Å²) in [5.74, 6) is 0.400. The van der Waals surface area contributed by atoms with Crippen LogP contribution in [0.25, 0.3) is 0 Å². The molecule has 1 heterocycles. The maximum absolute atomic E-state index is 12.2. The van der Waals surface area contributed by atoms with Crippen molar-refractivity contribution in [2.24, 2.45) is 11.7 Å². The van der Waals surface area contributed by atoms with E-state index in [0.29, 0.717) is 6.04 Å². The number of halogens is 2. The summed E-state index contributed by atoms with van der Waals surface area (Å²) >= 11 is 0. The first-order valence-corrected chi connectivity index (χ1v) is 8.48. The quantitative estimate of drug-likeness (QED) is 0.771. The van der Waals surface area contributed by atoms with Gasteiger partial charge >= 0.3 is 0 Å². The molecule has 0 spiro atoms. The molecule has 0 aromatic rings. The van der Waals surface area contributed by atoms with Crippen LogP contribution in [0, 0.1) is 5.92 Å². The van der Waals surface area contributed by atoms with Crippen LogP contribution >= 0.6 is 24.8 Å². The Balaban J connectivity index is 0.00000220. The molecular formula is C16H33Cl2N3O. The number of amides is 1. The van der Waals surface area contributed by atoms with Gasteiger partial charge in [0.25, 0.3) is 0 Å². The molecule has 3 atom stereocenters. The summed E-state index contributed by atoms with van der Waals surface area (Å²) < 4.78 is 0. The summed E-state index contributed by atoms with van der Waals surface area (Å²) in [6.07, 6.45) is 9.20. The minimum Gasteiger partial charge on any atom is -0.354 e. The van der Waals surface area contributed by atoms with E-state index < -0.39 is 0 Å². The molecule has 0 aromatic carbocycles. The molecule has 1 saturated heterocycles. The molecule has 2 aliphatic rings. The third-order valence-electron chi connectivity index (χ3n) is 4.90. The van der Waals surface area contributed by atoms with Crippen LogP contribution in [0.4, 0.5) is 0 Å². The second-order valence-corrected chi connectivity index (χ2v) is 6.55. The maximum atomic E-state index is 12.2. The Hall–Kier alpha value is -0.0300. The van der Waals surface area contributed by atoms with Gasteiger partial charge in [0.1, 0.15) is 0 Å². The number of carbonyl (C=O) groups excluding carboxylic acids is 1. The van der Waals surface area contributed by atoms with Crippen molar-refractivity contribution in [1.29, 1.82) is 0 Å². The summed E-state index contributed by atoms with van der Waals surface area (Å²) in [4.78, 5) is 14.7. The number of nitrogens with two attached hydrogens (primary N) is 1. The number of nitrogens with zero attached hydrogens (tertiary/aromatic N) is 1. The molecule has 1 aliphatic carbocycles. The van der Waals surface area contributed by atoms with Crippen molar-refractivity contribution in [2.45, 2.75) is 70.4 Å². The molecule has 3 unspecified atom stereocenters. The van der Waals surface area contributed by atoms with Crippen LogP contribution in [0.1, 0.15) is 58.3 Å². The van der Waals surface area contributed by atoms with E-state index in [1.807, 2.05) is 0 Å². The van der Waals surface area contributed by atoms with Crippen molar-refractivity contribution in [3.63, 3.8) is 0 Å². The van der Waals surface area contributed by atoms with Crippen LogP contribution in [-0.4, -0.2) is 42.5 Å². The van der Waals surface area contributed by atoms with Crippen molar-refractivity contribution in [3.8, 4) is 0 Å². The Bertz CT molecular complexity index is 318. The van der Waals surface area contributed by atoms with Gasteiger partial charge in [0, 0.05) is 24.5 Å². The number of hydrogen-bond donors (Lipinski definition) is 2. The lowest BCUT2D eigenvalue weighted by molar-refractivity contribution is -0.125. The monoisotopic (exact) mass is 353 g/mol. The van der Waals surface area contributed by atoms with E-state index in [1.54, 1.807) is 0 Å². The zero-order valence-corrected chi connectivity index (χ0v) is 15.4. The minimum absolute atomic E-state index is 0. The van der Waals surface area contributed by atoms with Gasteiger partial charge in [-0.05, 0) is 51.6 Å². The highest BCUT2D eigenvalue weighted by Gasteiger charge is 2.29. The van der Waals surface area contributed by atoms with Gasteiger partial charge in [0.15, 0.2) is 0 Å². The fraction of sp³-hybridized carbons (Fsp3) is 0.938. The molecule has 1 aliphatic heterocycles. The molecular weight excluding hydrogens is 321 g/mol. The van der Waals surface area contributed by atoms with E-state index in [2.05, 4.69) is 17.1 Å². The number of likely N-dealkylation sites (tertiary alicyclic amines) is 1. The van der Waals surface area contributed by atoms with Gasteiger partial charge in [0.2, 0.25) is 5.91 Å². The summed E-state index contributed by atoms with van der Waals surface area (Å²) in [7, 11) is 0. The van der Waals surface area contributed by atoms with E-state index >= 15 is 0 Å². The van der Waals surface area contributed by atoms with E-state index in [4.69, 9.17) is 5.73 Å². The standard InChI is InChI=1S/C16H31N3O.2ClH/c1-2-3-9-19-10-5-4-6-15(19)12-18-16(20)13-7-8-14(17)11-13;;/h13-15H,2-12,17H2,1H3,(H,18,20);2*1H. The number of unbranched alkanes of at least 4 members (excludes halogenated alkanes) is 1. The molecule has 4 nitrogen and oxygen atoms in total. The topological polar surface area (TPSA) is 58.4 Å². The highest BCUT2D eigenvalue weighted by molar-refractivity contribution is 5.85. The SMILES string of the molecule is CCCCN1CCCCC1CNC(=O)C1CCC(N)C1.Cl.Cl. The zero-order valence-electron chi connectivity index (χ0n) is 13.8. The second-order valence-electron chi connectivity index (χ2n) is 6.55. The average molecular weight is 354 g/mol. The third kappa shape index (κ3) is 6.61. The molecule has 0 radical (unpaired) electrons. The Morgan fingerprint density at radius 2 is 2.00 bits per heavy atom. The highest BCUT2D eigenvalue weighted by atomic mass is 35.5. The summed E-state index contributed by atoms with van der Waals surface area (Å²) in [5, 5.41) is 3.19. The minimum atomic E-state index is 0. The van der Waals surface area contributed by atoms with Crippen LogP contribution < -0.4 is 11.1 Å². The van der Waals surface area contributed by atoms with Crippen LogP contribution in [0.2, 0.25) is 0 Å². The smallest absolute Gasteiger partial charge is 0.223 e. The first-order chi connectivity index (χ1) is 9.70. The van der Waals surface area contributed by atoms with Gasteiger partial charge in [-0.15, -0.1) is 24.8 Å². The van der Waals surface area contributed by atoms with Crippen molar-refractivity contribution < 1.29 is 4.79 Å². The fourth-order valence-electron chi connectivity index (χ4n) is 3.56. The molecule has 0 bridgehead atoms. The van der Waals surface area contributed by atoms with E-state index in [1.165, 1.54) is 45.2 Å². The Morgan fingerprint density at radius 3 is 2.64 bits per heavy atom. The van der Waals surface area contributed by atoms with Crippen molar-refractivity contribution >= 4 is 30.7 Å². The van der Waals surface area contributed by atoms with Gasteiger partial charge in [-0.3, -0.25) is 9.69 Å². The number of rotatable bonds is 6. The molecule has 6 heteroatoms. The van der Waals surface area contributed by atoms with Crippen LogP contribution in [0.3, 0.4) is 0 Å².